The normalized spacial score (nSPS) is 10.8. The highest BCUT2D eigenvalue weighted by molar-refractivity contribution is 6.37. The molecule has 0 amide bonds. The smallest absolute Gasteiger partial charge is 0.274 e. The van der Waals surface area contributed by atoms with Crippen LogP contribution in [-0.4, -0.2) is 16.4 Å². The average Bonchev–Trinajstić information content (AvgIpc) is 2.52. The first-order valence-electron chi connectivity index (χ1n) is 6.68. The van der Waals surface area contributed by atoms with Crippen LogP contribution in [0.3, 0.4) is 0 Å². The number of benzene rings is 2. The van der Waals surface area contributed by atoms with E-state index < -0.39 is 0 Å². The lowest BCUT2D eigenvalue weighted by Crippen LogP contribution is -2.25. The molecule has 6 heteroatoms. The predicted octanol–water partition coefficient (Wildman–Crippen LogP) is 3.78. The minimum atomic E-state index is -0.146. The third-order valence-corrected chi connectivity index (χ3v) is 3.83. The summed E-state index contributed by atoms with van der Waals surface area (Å²) in [6.07, 6.45) is 1.67. The Labute approximate surface area is 136 Å². The predicted molar refractivity (Wildman–Crippen MR) is 88.0 cm³/mol. The Bertz CT molecular complexity index is 857. The maximum absolute atomic E-state index is 12.3. The highest BCUT2D eigenvalue weighted by Crippen LogP contribution is 2.32. The number of hydrogen-bond donors (Lipinski definition) is 0. The maximum atomic E-state index is 12.3. The van der Waals surface area contributed by atoms with E-state index in [1.54, 1.807) is 30.5 Å². The monoisotopic (exact) mass is 334 g/mol. The molecule has 0 spiro atoms. The quantitative estimate of drug-likeness (QED) is 0.729. The second-order valence-corrected chi connectivity index (χ2v) is 5.47. The molecule has 0 N–H and O–H groups in total. The molecule has 0 saturated heterocycles. The van der Waals surface area contributed by atoms with Crippen LogP contribution >= 0.6 is 23.2 Å². The molecule has 0 radical (unpaired) electrons. The van der Waals surface area contributed by atoms with E-state index in [1.807, 2.05) is 18.2 Å². The van der Waals surface area contributed by atoms with Crippen LogP contribution in [0.5, 0.6) is 5.75 Å². The molecule has 22 heavy (non-hydrogen) atoms. The maximum Gasteiger partial charge on any atom is 0.274 e. The van der Waals surface area contributed by atoms with Crippen LogP contribution in [0.1, 0.15) is 0 Å². The summed E-state index contributed by atoms with van der Waals surface area (Å²) in [5, 5.41) is 6.46. The summed E-state index contributed by atoms with van der Waals surface area (Å²) < 4.78 is 6.94. The van der Waals surface area contributed by atoms with Crippen molar-refractivity contribution in [2.45, 2.75) is 6.54 Å². The highest BCUT2D eigenvalue weighted by Gasteiger charge is 2.08. The van der Waals surface area contributed by atoms with Gasteiger partial charge in [0.15, 0.2) is 5.75 Å². The van der Waals surface area contributed by atoms with Crippen molar-refractivity contribution in [1.29, 1.82) is 0 Å². The van der Waals surface area contributed by atoms with Gasteiger partial charge in [0.25, 0.3) is 5.56 Å². The number of rotatable bonds is 4. The van der Waals surface area contributed by atoms with Gasteiger partial charge >= 0.3 is 0 Å². The summed E-state index contributed by atoms with van der Waals surface area (Å²) in [5.41, 5.74) is -0.146. The summed E-state index contributed by atoms with van der Waals surface area (Å²) >= 11 is 12.1. The fourth-order valence-corrected chi connectivity index (χ4v) is 2.65. The third kappa shape index (κ3) is 2.93. The van der Waals surface area contributed by atoms with E-state index in [1.165, 1.54) is 4.68 Å². The van der Waals surface area contributed by atoms with Crippen molar-refractivity contribution >= 4 is 34.0 Å². The van der Waals surface area contributed by atoms with Gasteiger partial charge in [-0.05, 0) is 18.2 Å². The molecule has 1 aromatic heterocycles. The fraction of sp³-hybridized carbons (Fsp3) is 0.125. The van der Waals surface area contributed by atoms with Crippen LogP contribution in [0.15, 0.2) is 53.5 Å². The van der Waals surface area contributed by atoms with Gasteiger partial charge < -0.3 is 4.74 Å². The molecule has 0 fully saturated rings. The number of para-hydroxylation sites is 1. The standard InChI is InChI=1S/C16H12Cl2N2O2/c17-13-6-3-7-14(18)15(13)22-9-8-20-16(21)12-5-2-1-4-11(12)10-19-20/h1-7,10H,8-9H2. The Morgan fingerprint density at radius 2 is 1.77 bits per heavy atom. The van der Waals surface area contributed by atoms with Gasteiger partial charge in [-0.15, -0.1) is 0 Å². The Balaban J connectivity index is 1.77. The molecule has 0 saturated carbocycles. The molecule has 1 heterocycles. The van der Waals surface area contributed by atoms with Gasteiger partial charge in [-0.25, -0.2) is 4.68 Å². The van der Waals surface area contributed by atoms with Crippen molar-refractivity contribution in [2.24, 2.45) is 0 Å². The van der Waals surface area contributed by atoms with Crippen LogP contribution in [0, 0.1) is 0 Å². The number of hydrogen-bond acceptors (Lipinski definition) is 3. The van der Waals surface area contributed by atoms with Gasteiger partial charge in [-0.1, -0.05) is 47.5 Å². The number of nitrogens with zero attached hydrogens (tertiary/aromatic N) is 2. The summed E-state index contributed by atoms with van der Waals surface area (Å²) in [5.74, 6) is 0.416. The molecule has 3 aromatic rings. The third-order valence-electron chi connectivity index (χ3n) is 3.23. The van der Waals surface area contributed by atoms with E-state index in [9.17, 15) is 4.79 Å². The van der Waals surface area contributed by atoms with Gasteiger partial charge in [0, 0.05) is 5.39 Å². The minimum absolute atomic E-state index is 0.146. The summed E-state index contributed by atoms with van der Waals surface area (Å²) in [7, 11) is 0. The zero-order chi connectivity index (χ0) is 15.5. The number of aromatic nitrogens is 2. The minimum Gasteiger partial charge on any atom is -0.489 e. The van der Waals surface area contributed by atoms with Gasteiger partial charge in [0.05, 0.1) is 28.2 Å². The lowest BCUT2D eigenvalue weighted by atomic mass is 10.2. The van der Waals surface area contributed by atoms with Crippen molar-refractivity contribution < 1.29 is 4.74 Å². The van der Waals surface area contributed by atoms with Crippen molar-refractivity contribution in [2.75, 3.05) is 6.61 Å². The lowest BCUT2D eigenvalue weighted by Gasteiger charge is -2.10. The zero-order valence-electron chi connectivity index (χ0n) is 11.5. The molecule has 0 bridgehead atoms. The SMILES string of the molecule is O=c1c2ccccc2cnn1CCOc1c(Cl)cccc1Cl. The number of halogens is 2. The number of ether oxygens (including phenoxy) is 1. The second kappa shape index (κ2) is 6.38. The summed E-state index contributed by atoms with van der Waals surface area (Å²) in [6.45, 7) is 0.555. The topological polar surface area (TPSA) is 44.1 Å². The Kier molecular flexibility index (Phi) is 4.32. The second-order valence-electron chi connectivity index (χ2n) is 4.66. The van der Waals surface area contributed by atoms with E-state index in [0.717, 1.165) is 5.39 Å². The van der Waals surface area contributed by atoms with E-state index in [2.05, 4.69) is 5.10 Å². The lowest BCUT2D eigenvalue weighted by molar-refractivity contribution is 0.288. The summed E-state index contributed by atoms with van der Waals surface area (Å²) in [6, 6.07) is 12.5. The molecule has 3 rings (SSSR count). The van der Waals surface area contributed by atoms with Crippen molar-refractivity contribution in [3.8, 4) is 5.75 Å². The van der Waals surface area contributed by atoms with E-state index in [4.69, 9.17) is 27.9 Å². The van der Waals surface area contributed by atoms with Gasteiger partial charge in [0.1, 0.15) is 6.61 Å². The molecule has 0 unspecified atom stereocenters. The van der Waals surface area contributed by atoms with Crippen molar-refractivity contribution in [3.63, 3.8) is 0 Å². The molecule has 0 aliphatic heterocycles. The van der Waals surface area contributed by atoms with Crippen LogP contribution in [0.2, 0.25) is 10.0 Å². The van der Waals surface area contributed by atoms with Gasteiger partial charge in [-0.3, -0.25) is 4.79 Å². The fourth-order valence-electron chi connectivity index (χ4n) is 2.14. The Morgan fingerprint density at radius 3 is 2.55 bits per heavy atom. The zero-order valence-corrected chi connectivity index (χ0v) is 13.0. The Hall–Kier alpha value is -2.04. The van der Waals surface area contributed by atoms with E-state index in [-0.39, 0.29) is 12.2 Å². The first-order valence-corrected chi connectivity index (χ1v) is 7.44. The van der Waals surface area contributed by atoms with Crippen LogP contribution in [0.4, 0.5) is 0 Å². The van der Waals surface area contributed by atoms with Crippen LogP contribution in [0.25, 0.3) is 10.8 Å². The van der Waals surface area contributed by atoms with E-state index >= 15 is 0 Å². The van der Waals surface area contributed by atoms with Gasteiger partial charge in [-0.2, -0.15) is 5.10 Å². The van der Waals surface area contributed by atoms with Gasteiger partial charge in [0.2, 0.25) is 0 Å². The van der Waals surface area contributed by atoms with Crippen LogP contribution < -0.4 is 10.3 Å². The first-order chi connectivity index (χ1) is 10.7. The molecule has 0 aliphatic rings. The highest BCUT2D eigenvalue weighted by atomic mass is 35.5. The molecular weight excluding hydrogens is 323 g/mol. The molecule has 0 atom stereocenters. The molecular formula is C16H12Cl2N2O2. The largest absolute Gasteiger partial charge is 0.489 e. The first kappa shape index (κ1) is 14.9. The molecule has 0 aliphatic carbocycles. The number of fused-ring (bicyclic) bond motifs is 1. The Morgan fingerprint density at radius 1 is 1.05 bits per heavy atom. The summed E-state index contributed by atoms with van der Waals surface area (Å²) in [4.78, 5) is 12.3. The molecule has 2 aromatic carbocycles. The van der Waals surface area contributed by atoms with E-state index in [0.29, 0.717) is 27.7 Å². The van der Waals surface area contributed by atoms with Crippen LogP contribution in [-0.2, 0) is 6.54 Å². The average molecular weight is 335 g/mol. The molecule has 112 valence electrons. The van der Waals surface area contributed by atoms with Crippen molar-refractivity contribution in [3.05, 3.63) is 69.1 Å². The molecule has 4 nitrogen and oxygen atoms in total. The van der Waals surface area contributed by atoms with Crippen molar-refractivity contribution in [1.82, 2.24) is 9.78 Å².